The number of esters is 1. The second-order valence-electron chi connectivity index (χ2n) is 6.19. The minimum atomic E-state index is -0.761. The Morgan fingerprint density at radius 1 is 1.14 bits per heavy atom. The van der Waals surface area contributed by atoms with Crippen molar-refractivity contribution in [2.24, 2.45) is 4.99 Å². The van der Waals surface area contributed by atoms with Gasteiger partial charge < -0.3 is 9.84 Å². The third-order valence-corrected chi connectivity index (χ3v) is 4.13. The Balaban J connectivity index is 1.96. The van der Waals surface area contributed by atoms with Gasteiger partial charge >= 0.3 is 11.7 Å². The number of aryl methyl sites for hydroxylation is 1. The predicted octanol–water partition coefficient (Wildman–Crippen LogP) is 2.47. The largest absolute Gasteiger partial charge is 0.493 e. The highest BCUT2D eigenvalue weighted by Crippen LogP contribution is 2.18. The van der Waals surface area contributed by atoms with Crippen LogP contribution in [0.1, 0.15) is 28.4 Å². The number of rotatable bonds is 5. The van der Waals surface area contributed by atoms with E-state index < -0.39 is 23.1 Å². The lowest BCUT2D eigenvalue weighted by Crippen LogP contribution is -2.31. The van der Waals surface area contributed by atoms with E-state index in [4.69, 9.17) is 4.74 Å². The summed E-state index contributed by atoms with van der Waals surface area (Å²) in [6.07, 6.45) is 1.16. The van der Waals surface area contributed by atoms with Gasteiger partial charge in [-0.3, -0.25) is 14.8 Å². The Bertz CT molecular complexity index is 1170. The van der Waals surface area contributed by atoms with E-state index in [0.29, 0.717) is 16.9 Å². The maximum absolute atomic E-state index is 12.2. The Kier molecular flexibility index (Phi) is 5.73. The fourth-order valence-electron chi connectivity index (χ4n) is 2.63. The number of aromatic amines is 1. The molecule has 0 radical (unpaired) electrons. The zero-order valence-corrected chi connectivity index (χ0v) is 15.9. The molecular weight excluding hydrogens is 374 g/mol. The molecule has 29 heavy (non-hydrogen) atoms. The summed E-state index contributed by atoms with van der Waals surface area (Å²) in [4.78, 5) is 42.3. The first kappa shape index (κ1) is 19.8. The summed E-state index contributed by atoms with van der Waals surface area (Å²) in [5.41, 5.74) is 0.528. The summed E-state index contributed by atoms with van der Waals surface area (Å²) < 4.78 is 5.91. The lowest BCUT2D eigenvalue weighted by molar-refractivity contribution is 0.0526. The Hall–Kier alpha value is -3.94. The molecule has 148 valence electrons. The van der Waals surface area contributed by atoms with Crippen molar-refractivity contribution in [3.63, 3.8) is 0 Å². The quantitative estimate of drug-likeness (QED) is 0.511. The number of nitrogens with one attached hydrogen (secondary N) is 1. The first-order valence-electron chi connectivity index (χ1n) is 8.87. The van der Waals surface area contributed by atoms with Crippen molar-refractivity contribution in [1.29, 1.82) is 0 Å². The molecule has 0 spiro atoms. The summed E-state index contributed by atoms with van der Waals surface area (Å²) in [7, 11) is 0. The molecule has 1 heterocycles. The molecule has 0 aliphatic rings. The van der Waals surface area contributed by atoms with Gasteiger partial charge in [-0.25, -0.2) is 14.2 Å². The van der Waals surface area contributed by atoms with Gasteiger partial charge in [0.25, 0.3) is 5.56 Å². The summed E-state index contributed by atoms with van der Waals surface area (Å²) in [5.74, 6) is -0.961. The van der Waals surface area contributed by atoms with Gasteiger partial charge in [-0.15, -0.1) is 0 Å². The second kappa shape index (κ2) is 8.39. The number of carbonyl (C=O) groups excluding carboxylic acids is 1. The van der Waals surface area contributed by atoms with Crippen LogP contribution in [0, 0.1) is 6.92 Å². The van der Waals surface area contributed by atoms with Crippen LogP contribution in [-0.4, -0.2) is 33.4 Å². The Morgan fingerprint density at radius 3 is 2.41 bits per heavy atom. The van der Waals surface area contributed by atoms with Gasteiger partial charge in [0.15, 0.2) is 0 Å². The third-order valence-electron chi connectivity index (χ3n) is 4.13. The molecule has 0 atom stereocenters. The number of benzene rings is 2. The van der Waals surface area contributed by atoms with E-state index in [2.05, 4.69) is 9.98 Å². The first-order valence-corrected chi connectivity index (χ1v) is 8.87. The lowest BCUT2D eigenvalue weighted by Gasteiger charge is -2.09. The van der Waals surface area contributed by atoms with Crippen LogP contribution in [0.4, 0.5) is 5.69 Å². The van der Waals surface area contributed by atoms with E-state index in [0.717, 1.165) is 16.3 Å². The maximum Gasteiger partial charge on any atom is 0.338 e. The molecule has 0 aliphatic heterocycles. The molecule has 0 fully saturated rings. The van der Waals surface area contributed by atoms with Crippen LogP contribution in [0.2, 0.25) is 0 Å². The van der Waals surface area contributed by atoms with Gasteiger partial charge in [0.1, 0.15) is 5.56 Å². The van der Waals surface area contributed by atoms with Crippen LogP contribution in [-0.2, 0) is 4.74 Å². The van der Waals surface area contributed by atoms with Crippen molar-refractivity contribution in [2.45, 2.75) is 13.8 Å². The van der Waals surface area contributed by atoms with E-state index in [9.17, 15) is 19.5 Å². The summed E-state index contributed by atoms with van der Waals surface area (Å²) in [6, 6.07) is 13.1. The van der Waals surface area contributed by atoms with Crippen molar-refractivity contribution >= 4 is 17.9 Å². The highest BCUT2D eigenvalue weighted by atomic mass is 16.5. The smallest absolute Gasteiger partial charge is 0.338 e. The van der Waals surface area contributed by atoms with Crippen LogP contribution in [0.15, 0.2) is 63.1 Å². The lowest BCUT2D eigenvalue weighted by atomic mass is 10.2. The second-order valence-corrected chi connectivity index (χ2v) is 6.19. The number of ether oxygens (including phenoxy) is 1. The molecular formula is C21H19N3O5. The topological polar surface area (TPSA) is 114 Å². The monoisotopic (exact) mass is 393 g/mol. The predicted molar refractivity (Wildman–Crippen MR) is 109 cm³/mol. The zero-order chi connectivity index (χ0) is 21.0. The molecule has 0 saturated carbocycles. The van der Waals surface area contributed by atoms with E-state index in [-0.39, 0.29) is 12.2 Å². The average Bonchev–Trinajstić information content (AvgIpc) is 2.69. The first-order chi connectivity index (χ1) is 13.9. The van der Waals surface area contributed by atoms with Crippen molar-refractivity contribution in [1.82, 2.24) is 9.55 Å². The fourth-order valence-corrected chi connectivity index (χ4v) is 2.63. The number of hydrogen-bond donors (Lipinski definition) is 2. The number of nitrogens with zero attached hydrogens (tertiary/aromatic N) is 2. The van der Waals surface area contributed by atoms with Gasteiger partial charge in [0, 0.05) is 6.21 Å². The third kappa shape index (κ3) is 4.32. The normalized spacial score (nSPS) is 11.0. The number of hydrogen-bond acceptors (Lipinski definition) is 6. The SMILES string of the molecule is CCOC(=O)c1ccc(N=Cc2c(O)n(-c3ccc(C)cc3)c(=O)[nH]c2=O)cc1. The summed E-state index contributed by atoms with van der Waals surface area (Å²) in [6.45, 7) is 3.89. The molecule has 0 unspecified atom stereocenters. The summed E-state index contributed by atoms with van der Waals surface area (Å²) in [5, 5.41) is 10.5. The minimum absolute atomic E-state index is 0.167. The van der Waals surface area contributed by atoms with Crippen LogP contribution < -0.4 is 11.2 Å². The average molecular weight is 393 g/mol. The molecule has 0 aliphatic carbocycles. The molecule has 0 bridgehead atoms. The molecule has 3 rings (SSSR count). The van der Waals surface area contributed by atoms with Gasteiger partial charge in [0.2, 0.25) is 5.88 Å². The molecule has 8 nitrogen and oxygen atoms in total. The van der Waals surface area contributed by atoms with Crippen LogP contribution in [0.3, 0.4) is 0 Å². The van der Waals surface area contributed by atoms with Crippen LogP contribution in [0.25, 0.3) is 5.69 Å². The van der Waals surface area contributed by atoms with Crippen LogP contribution >= 0.6 is 0 Å². The van der Waals surface area contributed by atoms with Crippen molar-refractivity contribution in [2.75, 3.05) is 6.61 Å². The van der Waals surface area contributed by atoms with Gasteiger partial charge in [-0.05, 0) is 50.2 Å². The standard InChI is InChI=1S/C21H19N3O5/c1-3-29-20(27)14-6-8-15(9-7-14)22-12-17-18(25)23-21(28)24(19(17)26)16-10-4-13(2)5-11-16/h4-12,26H,3H2,1-2H3,(H,23,25,28). The number of aliphatic imine (C=N–C) groups is 1. The van der Waals surface area contributed by atoms with E-state index >= 15 is 0 Å². The molecule has 0 amide bonds. The zero-order valence-electron chi connectivity index (χ0n) is 15.9. The fraction of sp³-hybridized carbons (Fsp3) is 0.143. The van der Waals surface area contributed by atoms with E-state index in [1.807, 2.05) is 6.92 Å². The van der Waals surface area contributed by atoms with E-state index in [1.54, 1.807) is 55.5 Å². The highest BCUT2D eigenvalue weighted by Gasteiger charge is 2.14. The van der Waals surface area contributed by atoms with Crippen LogP contribution in [0.5, 0.6) is 5.88 Å². The van der Waals surface area contributed by atoms with Crippen molar-refractivity contribution in [3.8, 4) is 11.6 Å². The molecule has 1 aromatic heterocycles. The van der Waals surface area contributed by atoms with E-state index in [1.165, 1.54) is 0 Å². The maximum atomic E-state index is 12.2. The van der Waals surface area contributed by atoms with Gasteiger partial charge in [0.05, 0.1) is 23.5 Å². The van der Waals surface area contributed by atoms with Gasteiger partial charge in [-0.1, -0.05) is 17.7 Å². The number of aromatic hydroxyl groups is 1. The Labute approximate surface area is 165 Å². The molecule has 2 N–H and O–H groups in total. The number of carbonyl (C=O) groups is 1. The van der Waals surface area contributed by atoms with Gasteiger partial charge in [-0.2, -0.15) is 0 Å². The Morgan fingerprint density at radius 2 is 1.79 bits per heavy atom. The summed E-state index contributed by atoms with van der Waals surface area (Å²) >= 11 is 0. The number of aromatic nitrogens is 2. The van der Waals surface area contributed by atoms with Crippen molar-refractivity contribution < 1.29 is 14.6 Å². The minimum Gasteiger partial charge on any atom is -0.493 e. The highest BCUT2D eigenvalue weighted by molar-refractivity contribution is 5.90. The van der Waals surface area contributed by atoms with Crippen molar-refractivity contribution in [3.05, 3.63) is 86.1 Å². The molecule has 3 aromatic rings. The molecule has 2 aromatic carbocycles. The molecule has 0 saturated heterocycles. The molecule has 8 heteroatoms. The number of H-pyrrole nitrogens is 1.